The maximum absolute atomic E-state index is 10.7. The van der Waals surface area contributed by atoms with Crippen LogP contribution in [-0.2, 0) is 5.75 Å². The smallest absolute Gasteiger partial charge is 0.269 e. The zero-order chi connectivity index (χ0) is 13.1. The van der Waals surface area contributed by atoms with Crippen molar-refractivity contribution < 1.29 is 9.34 Å². The van der Waals surface area contributed by atoms with Crippen LogP contribution < -0.4 is 0 Å². The lowest BCUT2D eigenvalue weighted by Crippen LogP contribution is -1.90. The molecule has 0 amide bonds. The molecule has 0 saturated heterocycles. The second-order valence-corrected chi connectivity index (χ2v) is 5.09. The summed E-state index contributed by atoms with van der Waals surface area (Å²) in [7, 11) is 0. The summed E-state index contributed by atoms with van der Waals surface area (Å²) in [5, 5.41) is 11.2. The van der Waals surface area contributed by atoms with Gasteiger partial charge in [0.25, 0.3) is 5.69 Å². The minimum atomic E-state index is -0.423. The third-order valence-corrected chi connectivity index (χ3v) is 3.99. The van der Waals surface area contributed by atoms with Crippen LogP contribution in [0, 0.1) is 17.0 Å². The normalized spacial score (nSPS) is 10.6. The summed E-state index contributed by atoms with van der Waals surface area (Å²) in [6, 6.07) is 6.33. The first-order valence-electron chi connectivity index (χ1n) is 5.17. The van der Waals surface area contributed by atoms with Crippen LogP contribution in [0.1, 0.15) is 11.3 Å². The van der Waals surface area contributed by atoms with Crippen molar-refractivity contribution in [3.05, 3.63) is 57.0 Å². The van der Waals surface area contributed by atoms with Crippen LogP contribution in [0.25, 0.3) is 0 Å². The van der Waals surface area contributed by atoms with Crippen molar-refractivity contribution in [3.8, 4) is 0 Å². The standard InChI is InChI=1S/C12H10ClNO3S/c1-8-12(4-5-17-8)18-7-9-6-10(14(15)16)2-3-11(9)13/h2-6H,7H2,1H3. The Morgan fingerprint density at radius 1 is 1.44 bits per heavy atom. The van der Waals surface area contributed by atoms with E-state index in [4.69, 9.17) is 16.0 Å². The highest BCUT2D eigenvalue weighted by Gasteiger charge is 2.11. The monoisotopic (exact) mass is 283 g/mol. The van der Waals surface area contributed by atoms with Crippen molar-refractivity contribution in [3.63, 3.8) is 0 Å². The number of nitro benzene ring substituents is 1. The van der Waals surface area contributed by atoms with Gasteiger partial charge < -0.3 is 4.42 Å². The molecule has 18 heavy (non-hydrogen) atoms. The van der Waals surface area contributed by atoms with Gasteiger partial charge in [-0.2, -0.15) is 0 Å². The van der Waals surface area contributed by atoms with Crippen LogP contribution >= 0.6 is 23.4 Å². The van der Waals surface area contributed by atoms with Gasteiger partial charge in [0.15, 0.2) is 0 Å². The molecule has 0 unspecified atom stereocenters. The maximum Gasteiger partial charge on any atom is 0.269 e. The quantitative estimate of drug-likeness (QED) is 0.473. The molecule has 0 fully saturated rings. The average Bonchev–Trinajstić information content (AvgIpc) is 2.73. The Hall–Kier alpha value is -1.46. The van der Waals surface area contributed by atoms with Gasteiger partial charge in [-0.15, -0.1) is 11.8 Å². The average molecular weight is 284 g/mol. The second kappa shape index (κ2) is 5.46. The summed E-state index contributed by atoms with van der Waals surface area (Å²) in [5.74, 6) is 1.41. The van der Waals surface area contributed by atoms with Gasteiger partial charge in [0, 0.05) is 27.8 Å². The van der Waals surface area contributed by atoms with Gasteiger partial charge in [0.05, 0.1) is 11.2 Å². The lowest BCUT2D eigenvalue weighted by atomic mass is 10.2. The fourth-order valence-corrected chi connectivity index (χ4v) is 2.68. The first-order valence-corrected chi connectivity index (χ1v) is 6.54. The fourth-order valence-electron chi connectivity index (χ4n) is 1.46. The minimum absolute atomic E-state index is 0.0546. The fraction of sp³-hybridized carbons (Fsp3) is 0.167. The molecule has 1 heterocycles. The van der Waals surface area contributed by atoms with Crippen molar-refractivity contribution in [1.29, 1.82) is 0 Å². The lowest BCUT2D eigenvalue weighted by molar-refractivity contribution is -0.384. The van der Waals surface area contributed by atoms with Crippen LogP contribution in [0.5, 0.6) is 0 Å². The number of hydrogen-bond acceptors (Lipinski definition) is 4. The molecule has 0 bridgehead atoms. The molecule has 2 rings (SSSR count). The van der Waals surface area contributed by atoms with Gasteiger partial charge in [0.1, 0.15) is 5.76 Å². The molecule has 0 aliphatic heterocycles. The highest BCUT2D eigenvalue weighted by Crippen LogP contribution is 2.31. The van der Waals surface area contributed by atoms with E-state index in [1.165, 1.54) is 12.1 Å². The Morgan fingerprint density at radius 2 is 2.22 bits per heavy atom. The molecular weight excluding hydrogens is 274 g/mol. The van der Waals surface area contributed by atoms with Crippen LogP contribution in [0.15, 0.2) is 39.8 Å². The van der Waals surface area contributed by atoms with Crippen LogP contribution in [-0.4, -0.2) is 4.92 Å². The summed E-state index contributed by atoms with van der Waals surface area (Å²) >= 11 is 7.56. The molecule has 0 atom stereocenters. The predicted molar refractivity (Wildman–Crippen MR) is 71.1 cm³/mol. The molecule has 94 valence electrons. The zero-order valence-electron chi connectivity index (χ0n) is 9.55. The summed E-state index contributed by atoms with van der Waals surface area (Å²) in [5.41, 5.74) is 0.801. The Morgan fingerprint density at radius 3 is 2.83 bits per heavy atom. The van der Waals surface area contributed by atoms with Gasteiger partial charge in [-0.25, -0.2) is 0 Å². The molecule has 0 N–H and O–H groups in total. The molecule has 4 nitrogen and oxygen atoms in total. The molecule has 6 heteroatoms. The minimum Gasteiger partial charge on any atom is -0.468 e. The molecule has 0 aliphatic rings. The number of nitro groups is 1. The van der Waals surface area contributed by atoms with Crippen molar-refractivity contribution in [2.45, 2.75) is 17.6 Å². The lowest BCUT2D eigenvalue weighted by Gasteiger charge is -2.03. The van der Waals surface area contributed by atoms with Gasteiger partial charge in [-0.1, -0.05) is 11.6 Å². The molecule has 1 aromatic heterocycles. The zero-order valence-corrected chi connectivity index (χ0v) is 11.1. The molecule has 2 aromatic rings. The number of furan rings is 1. The third kappa shape index (κ3) is 2.86. The molecule has 0 spiro atoms. The molecular formula is C12H10ClNO3S. The Balaban J connectivity index is 2.16. The van der Waals surface area contributed by atoms with Crippen molar-refractivity contribution in [2.24, 2.45) is 0 Å². The van der Waals surface area contributed by atoms with Gasteiger partial charge in [0.2, 0.25) is 0 Å². The predicted octanol–water partition coefficient (Wildman–Crippen LogP) is 4.44. The first kappa shape index (κ1) is 13.0. The highest BCUT2D eigenvalue weighted by molar-refractivity contribution is 7.98. The number of thioether (sulfide) groups is 1. The summed E-state index contributed by atoms with van der Waals surface area (Å²) in [6.45, 7) is 1.87. The molecule has 1 aromatic carbocycles. The van der Waals surface area contributed by atoms with E-state index in [0.29, 0.717) is 10.8 Å². The Bertz CT molecular complexity index is 582. The van der Waals surface area contributed by atoms with Crippen molar-refractivity contribution in [1.82, 2.24) is 0 Å². The van der Waals surface area contributed by atoms with Gasteiger partial charge >= 0.3 is 0 Å². The summed E-state index contributed by atoms with van der Waals surface area (Å²) in [6.07, 6.45) is 1.62. The SMILES string of the molecule is Cc1occc1SCc1cc([N+](=O)[O-])ccc1Cl. The largest absolute Gasteiger partial charge is 0.468 e. The van der Waals surface area contributed by atoms with E-state index in [0.717, 1.165) is 16.2 Å². The van der Waals surface area contributed by atoms with Crippen LogP contribution in [0.4, 0.5) is 5.69 Å². The number of halogens is 1. The maximum atomic E-state index is 10.7. The molecule has 0 aliphatic carbocycles. The summed E-state index contributed by atoms with van der Waals surface area (Å²) in [4.78, 5) is 11.3. The van der Waals surface area contributed by atoms with Gasteiger partial charge in [-0.05, 0) is 24.6 Å². The van der Waals surface area contributed by atoms with Crippen molar-refractivity contribution in [2.75, 3.05) is 0 Å². The Labute approximate surface area is 113 Å². The molecule has 0 radical (unpaired) electrons. The van der Waals surface area contributed by atoms with Crippen LogP contribution in [0.2, 0.25) is 5.02 Å². The van der Waals surface area contributed by atoms with E-state index >= 15 is 0 Å². The summed E-state index contributed by atoms with van der Waals surface area (Å²) < 4.78 is 5.18. The van der Waals surface area contributed by atoms with E-state index in [2.05, 4.69) is 0 Å². The number of non-ortho nitro benzene ring substituents is 1. The first-order chi connectivity index (χ1) is 8.58. The van der Waals surface area contributed by atoms with Gasteiger partial charge in [-0.3, -0.25) is 10.1 Å². The van der Waals surface area contributed by atoms with E-state index in [1.54, 1.807) is 24.1 Å². The van der Waals surface area contributed by atoms with Crippen molar-refractivity contribution >= 4 is 29.1 Å². The highest BCUT2D eigenvalue weighted by atomic mass is 35.5. The van der Waals surface area contributed by atoms with E-state index < -0.39 is 4.92 Å². The number of rotatable bonds is 4. The molecule has 0 saturated carbocycles. The third-order valence-electron chi connectivity index (χ3n) is 2.43. The number of aryl methyl sites for hydroxylation is 1. The van der Waals surface area contributed by atoms with E-state index in [9.17, 15) is 10.1 Å². The Kier molecular flexibility index (Phi) is 3.93. The van der Waals surface area contributed by atoms with Crippen LogP contribution in [0.3, 0.4) is 0 Å². The number of hydrogen-bond donors (Lipinski definition) is 0. The topological polar surface area (TPSA) is 56.3 Å². The van der Waals surface area contributed by atoms with E-state index in [1.807, 2.05) is 13.0 Å². The second-order valence-electron chi connectivity index (χ2n) is 3.66. The van der Waals surface area contributed by atoms with E-state index in [-0.39, 0.29) is 5.69 Å². The number of benzene rings is 1. The number of nitrogens with zero attached hydrogens (tertiary/aromatic N) is 1.